The van der Waals surface area contributed by atoms with Gasteiger partial charge < -0.3 is 0 Å². The van der Waals surface area contributed by atoms with Crippen LogP contribution in [-0.4, -0.2) is 25.8 Å². The van der Waals surface area contributed by atoms with Crippen molar-refractivity contribution in [2.45, 2.75) is 25.2 Å². The van der Waals surface area contributed by atoms with Crippen LogP contribution in [0.15, 0.2) is 29.2 Å². The lowest BCUT2D eigenvalue weighted by molar-refractivity contribution is 0.375. The zero-order valence-corrected chi connectivity index (χ0v) is 11.4. The van der Waals surface area contributed by atoms with E-state index in [2.05, 4.69) is 13.8 Å². The van der Waals surface area contributed by atoms with E-state index in [4.69, 9.17) is 5.26 Å². The van der Waals surface area contributed by atoms with Gasteiger partial charge in [0.1, 0.15) is 0 Å². The largest absolute Gasteiger partial charge is 0.243 e. The smallest absolute Gasteiger partial charge is 0.207 e. The zero-order chi connectivity index (χ0) is 13.4. The van der Waals surface area contributed by atoms with E-state index in [-0.39, 0.29) is 10.3 Å². The zero-order valence-electron chi connectivity index (χ0n) is 10.5. The number of hydrogen-bond acceptors (Lipinski definition) is 3. The summed E-state index contributed by atoms with van der Waals surface area (Å²) in [4.78, 5) is 0.208. The van der Waals surface area contributed by atoms with Crippen molar-refractivity contribution >= 4 is 10.0 Å². The highest BCUT2D eigenvalue weighted by Gasteiger charge is 2.36. The summed E-state index contributed by atoms with van der Waals surface area (Å²) >= 11 is 0. The standard InChI is InChI=1S/C13H16N2O2S/c1-13(2)6-7-15(10-13)18(16,17)12-5-3-4-11(8-12)9-14/h3-5,8H,6-7,10H2,1-2H3. The van der Waals surface area contributed by atoms with Gasteiger partial charge in [-0.3, -0.25) is 0 Å². The van der Waals surface area contributed by atoms with Gasteiger partial charge in [-0.05, 0) is 30.0 Å². The summed E-state index contributed by atoms with van der Waals surface area (Å²) < 4.78 is 26.3. The Morgan fingerprint density at radius 3 is 2.67 bits per heavy atom. The maximum atomic E-state index is 12.4. The first-order chi connectivity index (χ1) is 8.35. The van der Waals surface area contributed by atoms with Crippen molar-refractivity contribution in [1.29, 1.82) is 5.26 Å². The molecule has 1 heterocycles. The van der Waals surface area contributed by atoms with Crippen LogP contribution >= 0.6 is 0 Å². The van der Waals surface area contributed by atoms with E-state index >= 15 is 0 Å². The Hall–Kier alpha value is -1.38. The predicted octanol–water partition coefficient (Wildman–Crippen LogP) is 1.98. The summed E-state index contributed by atoms with van der Waals surface area (Å²) in [6, 6.07) is 8.15. The van der Waals surface area contributed by atoms with E-state index in [0.29, 0.717) is 18.7 Å². The van der Waals surface area contributed by atoms with Gasteiger partial charge in [0.05, 0.1) is 16.5 Å². The van der Waals surface area contributed by atoms with Gasteiger partial charge in [0.2, 0.25) is 10.0 Å². The summed E-state index contributed by atoms with van der Waals surface area (Å²) in [5.74, 6) is 0. The molecule has 0 bridgehead atoms. The Bertz CT molecular complexity index is 600. The number of rotatable bonds is 2. The minimum atomic E-state index is -3.46. The van der Waals surface area contributed by atoms with Crippen molar-refractivity contribution < 1.29 is 8.42 Å². The molecule has 0 unspecified atom stereocenters. The molecule has 0 saturated carbocycles. The van der Waals surface area contributed by atoms with Crippen molar-refractivity contribution in [3.8, 4) is 6.07 Å². The molecule has 1 aromatic carbocycles. The van der Waals surface area contributed by atoms with Crippen LogP contribution in [0.25, 0.3) is 0 Å². The lowest BCUT2D eigenvalue weighted by atomic mass is 9.93. The van der Waals surface area contributed by atoms with Gasteiger partial charge in [-0.1, -0.05) is 19.9 Å². The summed E-state index contributed by atoms with van der Waals surface area (Å²) in [5.41, 5.74) is 0.398. The average molecular weight is 264 g/mol. The van der Waals surface area contributed by atoms with Gasteiger partial charge >= 0.3 is 0 Å². The molecule has 18 heavy (non-hydrogen) atoms. The topological polar surface area (TPSA) is 61.2 Å². The first kappa shape index (κ1) is 13.1. The third-order valence-corrected chi connectivity index (χ3v) is 5.08. The lowest BCUT2D eigenvalue weighted by Crippen LogP contribution is -2.30. The van der Waals surface area contributed by atoms with E-state index in [1.165, 1.54) is 10.4 Å². The van der Waals surface area contributed by atoms with E-state index in [9.17, 15) is 8.42 Å². The molecule has 0 radical (unpaired) electrons. The van der Waals surface area contributed by atoms with Crippen molar-refractivity contribution in [3.05, 3.63) is 29.8 Å². The Morgan fingerprint density at radius 1 is 1.39 bits per heavy atom. The number of benzene rings is 1. The minimum absolute atomic E-state index is 0.0277. The number of sulfonamides is 1. The molecule has 4 nitrogen and oxygen atoms in total. The molecular formula is C13H16N2O2S. The highest BCUT2D eigenvalue weighted by molar-refractivity contribution is 7.89. The normalized spacial score (nSPS) is 19.6. The first-order valence-corrected chi connectivity index (χ1v) is 7.29. The molecule has 0 atom stereocenters. The average Bonchev–Trinajstić information content (AvgIpc) is 2.70. The van der Waals surface area contributed by atoms with Gasteiger partial charge in [-0.15, -0.1) is 0 Å². The van der Waals surface area contributed by atoms with Crippen LogP contribution in [0.1, 0.15) is 25.8 Å². The van der Waals surface area contributed by atoms with E-state index in [1.54, 1.807) is 18.2 Å². The van der Waals surface area contributed by atoms with Gasteiger partial charge in [0, 0.05) is 13.1 Å². The second-order valence-electron chi connectivity index (χ2n) is 5.39. The van der Waals surface area contributed by atoms with E-state index in [1.807, 2.05) is 6.07 Å². The second kappa shape index (κ2) is 4.38. The molecule has 2 rings (SSSR count). The Balaban J connectivity index is 2.35. The maximum Gasteiger partial charge on any atom is 0.243 e. The highest BCUT2D eigenvalue weighted by Crippen LogP contribution is 2.32. The summed E-state index contributed by atoms with van der Waals surface area (Å²) in [6.07, 6.45) is 0.865. The Labute approximate surface area is 108 Å². The van der Waals surface area contributed by atoms with Crippen LogP contribution in [-0.2, 0) is 10.0 Å². The lowest BCUT2D eigenvalue weighted by Gasteiger charge is -2.19. The molecule has 0 aliphatic carbocycles. The highest BCUT2D eigenvalue weighted by atomic mass is 32.2. The monoisotopic (exact) mass is 264 g/mol. The van der Waals surface area contributed by atoms with Gasteiger partial charge in [-0.2, -0.15) is 9.57 Å². The van der Waals surface area contributed by atoms with Crippen LogP contribution in [0.4, 0.5) is 0 Å². The molecular weight excluding hydrogens is 248 g/mol. The number of nitrogens with zero attached hydrogens (tertiary/aromatic N) is 2. The van der Waals surface area contributed by atoms with Crippen LogP contribution in [0, 0.1) is 16.7 Å². The first-order valence-electron chi connectivity index (χ1n) is 5.85. The molecule has 5 heteroatoms. The predicted molar refractivity (Wildman–Crippen MR) is 68.3 cm³/mol. The van der Waals surface area contributed by atoms with Gasteiger partial charge in [0.15, 0.2) is 0 Å². The Morgan fingerprint density at radius 2 is 2.11 bits per heavy atom. The third-order valence-electron chi connectivity index (χ3n) is 3.24. The third kappa shape index (κ3) is 2.40. The molecule has 96 valence electrons. The summed E-state index contributed by atoms with van der Waals surface area (Å²) in [5, 5.41) is 8.82. The van der Waals surface area contributed by atoms with Crippen molar-refractivity contribution in [2.24, 2.45) is 5.41 Å². The van der Waals surface area contributed by atoms with Gasteiger partial charge in [-0.25, -0.2) is 8.42 Å². The van der Waals surface area contributed by atoms with Crippen LogP contribution in [0.2, 0.25) is 0 Å². The molecule has 1 saturated heterocycles. The fourth-order valence-corrected chi connectivity index (χ4v) is 3.82. The molecule has 0 N–H and O–H groups in total. The van der Waals surface area contributed by atoms with Crippen molar-refractivity contribution in [2.75, 3.05) is 13.1 Å². The minimum Gasteiger partial charge on any atom is -0.207 e. The fraction of sp³-hybridized carbons (Fsp3) is 0.462. The number of nitriles is 1. The SMILES string of the molecule is CC1(C)CCN(S(=O)(=O)c2cccc(C#N)c2)C1. The summed E-state index contributed by atoms with van der Waals surface area (Å²) in [7, 11) is -3.46. The fourth-order valence-electron chi connectivity index (χ4n) is 2.14. The van der Waals surface area contributed by atoms with Crippen LogP contribution < -0.4 is 0 Å². The molecule has 0 amide bonds. The molecule has 0 spiro atoms. The number of hydrogen-bond donors (Lipinski definition) is 0. The molecule has 0 aromatic heterocycles. The van der Waals surface area contributed by atoms with Crippen LogP contribution in [0.3, 0.4) is 0 Å². The Kier molecular flexibility index (Phi) is 3.18. The van der Waals surface area contributed by atoms with Crippen molar-refractivity contribution in [3.63, 3.8) is 0 Å². The van der Waals surface area contributed by atoms with E-state index in [0.717, 1.165) is 6.42 Å². The van der Waals surface area contributed by atoms with Crippen molar-refractivity contribution in [1.82, 2.24) is 4.31 Å². The molecule has 1 aromatic rings. The van der Waals surface area contributed by atoms with Crippen LogP contribution in [0.5, 0.6) is 0 Å². The molecule has 1 aliphatic rings. The molecule has 1 aliphatic heterocycles. The van der Waals surface area contributed by atoms with E-state index < -0.39 is 10.0 Å². The second-order valence-corrected chi connectivity index (χ2v) is 7.33. The maximum absolute atomic E-state index is 12.4. The quantitative estimate of drug-likeness (QED) is 0.820. The summed E-state index contributed by atoms with van der Waals surface area (Å²) in [6.45, 7) is 5.21. The van der Waals surface area contributed by atoms with Gasteiger partial charge in [0.25, 0.3) is 0 Å². The molecule has 1 fully saturated rings.